The van der Waals surface area contributed by atoms with Crippen LogP contribution in [0.25, 0.3) is 0 Å². The van der Waals surface area contributed by atoms with E-state index in [-0.39, 0.29) is 35.2 Å². The van der Waals surface area contributed by atoms with Gasteiger partial charge in [0, 0.05) is 35.1 Å². The summed E-state index contributed by atoms with van der Waals surface area (Å²) in [7, 11) is 1.55. The van der Waals surface area contributed by atoms with Gasteiger partial charge in [-0.25, -0.2) is 0 Å². The maximum absolute atomic E-state index is 13.1. The molecule has 0 aromatic heterocycles. The molecule has 0 aliphatic heterocycles. The van der Waals surface area contributed by atoms with Crippen molar-refractivity contribution in [2.24, 2.45) is 0 Å². The van der Waals surface area contributed by atoms with Crippen LogP contribution < -0.4 is 20.7 Å². The first-order valence-corrected chi connectivity index (χ1v) is 12.7. The van der Waals surface area contributed by atoms with Gasteiger partial charge in [0.1, 0.15) is 12.4 Å². The molecule has 0 fully saturated rings. The van der Waals surface area contributed by atoms with E-state index < -0.39 is 11.8 Å². The van der Waals surface area contributed by atoms with E-state index in [9.17, 15) is 14.4 Å². The molecule has 0 aliphatic carbocycles. The Morgan fingerprint density at radius 1 is 0.895 bits per heavy atom. The Morgan fingerprint density at radius 3 is 2.24 bits per heavy atom. The molecule has 10 heteroatoms. The van der Waals surface area contributed by atoms with Gasteiger partial charge in [0.05, 0.1) is 22.8 Å². The number of rotatable bonds is 11. The van der Waals surface area contributed by atoms with E-state index >= 15 is 0 Å². The van der Waals surface area contributed by atoms with Crippen molar-refractivity contribution in [1.29, 1.82) is 0 Å². The molecule has 3 rings (SSSR count). The van der Waals surface area contributed by atoms with Crippen LogP contribution in [0.3, 0.4) is 0 Å². The smallest absolute Gasteiger partial charge is 0.259 e. The van der Waals surface area contributed by atoms with Crippen molar-refractivity contribution in [3.05, 3.63) is 99.0 Å². The Kier molecular flexibility index (Phi) is 10.5. The lowest BCUT2D eigenvalue weighted by molar-refractivity contribution is -0.117. The standard InChI is InChI=1S/C28H27BrClN3O5/c1-17(2)26(34)31-16-18-4-10-24(30)22(14-18)27(35)33-21-9-11-25(38-13-12-37-3)23(15-21)28(36)32-20-7-5-19(29)6-8-20/h4-11,14-15H,1,12-13,16H2,2-3H3,(H,31,34)(H,32,36)(H,33,35). The zero-order valence-electron chi connectivity index (χ0n) is 20.9. The summed E-state index contributed by atoms with van der Waals surface area (Å²) in [5, 5.41) is 8.57. The lowest BCUT2D eigenvalue weighted by atomic mass is 10.1. The molecule has 0 spiro atoms. The fourth-order valence-electron chi connectivity index (χ4n) is 3.27. The molecule has 3 aromatic rings. The summed E-state index contributed by atoms with van der Waals surface area (Å²) >= 11 is 9.66. The van der Waals surface area contributed by atoms with Gasteiger partial charge in [-0.05, 0) is 67.1 Å². The molecule has 8 nitrogen and oxygen atoms in total. The van der Waals surface area contributed by atoms with Crippen molar-refractivity contribution in [2.75, 3.05) is 31.0 Å². The van der Waals surface area contributed by atoms with Gasteiger partial charge in [-0.2, -0.15) is 0 Å². The third-order valence-electron chi connectivity index (χ3n) is 5.25. The second-order valence-electron chi connectivity index (χ2n) is 8.24. The Balaban J connectivity index is 1.82. The maximum atomic E-state index is 13.1. The molecule has 198 valence electrons. The van der Waals surface area contributed by atoms with Crippen LogP contribution in [0.2, 0.25) is 5.02 Å². The quantitative estimate of drug-likeness (QED) is 0.190. The molecule has 38 heavy (non-hydrogen) atoms. The van der Waals surface area contributed by atoms with Crippen molar-refractivity contribution < 1.29 is 23.9 Å². The number of carbonyl (C=O) groups is 3. The molecule has 0 bridgehead atoms. The molecule has 0 heterocycles. The summed E-state index contributed by atoms with van der Waals surface area (Å²) in [6.45, 7) is 6.00. The summed E-state index contributed by atoms with van der Waals surface area (Å²) in [5.74, 6) is -0.838. The van der Waals surface area contributed by atoms with Gasteiger partial charge in [-0.15, -0.1) is 0 Å². The number of amides is 3. The van der Waals surface area contributed by atoms with E-state index in [1.54, 1.807) is 56.5 Å². The predicted octanol–water partition coefficient (Wildman–Crippen LogP) is 5.82. The number of carbonyl (C=O) groups excluding carboxylic acids is 3. The van der Waals surface area contributed by atoms with Crippen LogP contribution in [0.1, 0.15) is 33.2 Å². The lowest BCUT2D eigenvalue weighted by Crippen LogP contribution is -2.23. The van der Waals surface area contributed by atoms with Crippen molar-refractivity contribution in [1.82, 2.24) is 5.32 Å². The minimum absolute atomic E-state index is 0.205. The summed E-state index contributed by atoms with van der Waals surface area (Å²) in [6.07, 6.45) is 0. The number of ether oxygens (including phenoxy) is 2. The summed E-state index contributed by atoms with van der Waals surface area (Å²) in [5.41, 5.74) is 2.47. The number of methoxy groups -OCH3 is 1. The number of benzene rings is 3. The molecule has 0 aliphatic rings. The van der Waals surface area contributed by atoms with Crippen LogP contribution in [-0.4, -0.2) is 38.0 Å². The van der Waals surface area contributed by atoms with Crippen molar-refractivity contribution >= 4 is 56.6 Å². The first-order chi connectivity index (χ1) is 18.2. The predicted molar refractivity (Wildman–Crippen MR) is 152 cm³/mol. The fourth-order valence-corrected chi connectivity index (χ4v) is 3.73. The van der Waals surface area contributed by atoms with Gasteiger partial charge in [0.15, 0.2) is 0 Å². The molecule has 3 aromatic carbocycles. The Hall–Kier alpha value is -3.66. The number of hydrogen-bond donors (Lipinski definition) is 3. The Morgan fingerprint density at radius 2 is 1.55 bits per heavy atom. The zero-order chi connectivity index (χ0) is 27.7. The molecule has 0 saturated heterocycles. The SMILES string of the molecule is C=C(C)C(=O)NCc1ccc(Cl)c(C(=O)Nc2ccc(OCCOC)c(C(=O)Nc3ccc(Br)cc3)c2)c1. The molecule has 0 unspecified atom stereocenters. The minimum atomic E-state index is -0.476. The molecule has 0 saturated carbocycles. The van der Waals surface area contributed by atoms with Crippen LogP contribution in [-0.2, 0) is 16.1 Å². The number of hydrogen-bond acceptors (Lipinski definition) is 5. The van der Waals surface area contributed by atoms with Crippen LogP contribution in [0.5, 0.6) is 5.75 Å². The highest BCUT2D eigenvalue weighted by atomic mass is 79.9. The first kappa shape index (κ1) is 28.9. The molecule has 3 amide bonds. The topological polar surface area (TPSA) is 106 Å². The van der Waals surface area contributed by atoms with Crippen molar-refractivity contribution in [3.8, 4) is 5.75 Å². The largest absolute Gasteiger partial charge is 0.490 e. The average Bonchev–Trinajstić information content (AvgIpc) is 2.89. The van der Waals surface area contributed by atoms with Crippen molar-refractivity contribution in [3.63, 3.8) is 0 Å². The number of halogens is 2. The second-order valence-corrected chi connectivity index (χ2v) is 9.57. The van der Waals surface area contributed by atoms with Crippen LogP contribution in [0, 0.1) is 0 Å². The van der Waals surface area contributed by atoms with Crippen LogP contribution in [0.4, 0.5) is 11.4 Å². The fraction of sp³-hybridized carbons (Fsp3) is 0.179. The van der Waals surface area contributed by atoms with Crippen LogP contribution >= 0.6 is 27.5 Å². The zero-order valence-corrected chi connectivity index (χ0v) is 23.2. The third-order valence-corrected chi connectivity index (χ3v) is 6.10. The summed E-state index contributed by atoms with van der Waals surface area (Å²) < 4.78 is 11.6. The van der Waals surface area contributed by atoms with Gasteiger partial charge in [0.25, 0.3) is 11.8 Å². The Labute approximate surface area is 234 Å². The molecule has 0 radical (unpaired) electrons. The molecule has 0 atom stereocenters. The van der Waals surface area contributed by atoms with Gasteiger partial charge in [-0.1, -0.05) is 40.2 Å². The molecular formula is C28H27BrClN3O5. The van der Waals surface area contributed by atoms with Crippen LogP contribution in [0.15, 0.2) is 77.3 Å². The summed E-state index contributed by atoms with van der Waals surface area (Å²) in [6, 6.07) is 16.8. The van der Waals surface area contributed by atoms with E-state index in [4.69, 9.17) is 21.1 Å². The third kappa shape index (κ3) is 8.17. The second kappa shape index (κ2) is 13.8. The van der Waals surface area contributed by atoms with Gasteiger partial charge in [-0.3, -0.25) is 14.4 Å². The van der Waals surface area contributed by atoms with Gasteiger partial charge in [0.2, 0.25) is 5.91 Å². The number of nitrogens with one attached hydrogen (secondary N) is 3. The van der Waals surface area contributed by atoms with Crippen molar-refractivity contribution in [2.45, 2.75) is 13.5 Å². The highest BCUT2D eigenvalue weighted by molar-refractivity contribution is 9.10. The Bertz CT molecular complexity index is 1340. The lowest BCUT2D eigenvalue weighted by Gasteiger charge is -2.15. The number of anilines is 2. The van der Waals surface area contributed by atoms with Gasteiger partial charge >= 0.3 is 0 Å². The average molecular weight is 601 g/mol. The van der Waals surface area contributed by atoms with E-state index in [1.807, 2.05) is 12.1 Å². The highest BCUT2D eigenvalue weighted by Gasteiger charge is 2.17. The van der Waals surface area contributed by atoms with Gasteiger partial charge < -0.3 is 25.4 Å². The first-order valence-electron chi connectivity index (χ1n) is 11.5. The summed E-state index contributed by atoms with van der Waals surface area (Å²) in [4.78, 5) is 38.0. The van der Waals surface area contributed by atoms with E-state index in [2.05, 4.69) is 38.5 Å². The van der Waals surface area contributed by atoms with E-state index in [0.717, 1.165) is 4.47 Å². The molecule has 3 N–H and O–H groups in total. The monoisotopic (exact) mass is 599 g/mol. The highest BCUT2D eigenvalue weighted by Crippen LogP contribution is 2.26. The van der Waals surface area contributed by atoms with E-state index in [1.165, 1.54) is 6.07 Å². The minimum Gasteiger partial charge on any atom is -0.490 e. The maximum Gasteiger partial charge on any atom is 0.259 e. The molecular weight excluding hydrogens is 574 g/mol. The van der Waals surface area contributed by atoms with E-state index in [0.29, 0.717) is 34.9 Å². The normalized spacial score (nSPS) is 10.4.